The van der Waals surface area contributed by atoms with E-state index in [1.165, 1.54) is 0 Å². The van der Waals surface area contributed by atoms with Gasteiger partial charge in [-0.15, -0.1) is 0 Å². The number of ether oxygens (including phenoxy) is 1. The molecule has 2 N–H and O–H groups in total. The van der Waals surface area contributed by atoms with Crippen molar-refractivity contribution >= 4 is 11.8 Å². The van der Waals surface area contributed by atoms with Gasteiger partial charge in [-0.3, -0.25) is 14.5 Å². The number of aromatic amines is 1. The van der Waals surface area contributed by atoms with E-state index in [2.05, 4.69) is 20.2 Å². The van der Waals surface area contributed by atoms with Crippen LogP contribution in [0, 0.1) is 0 Å². The average molecular weight is 347 g/mol. The Hall–Kier alpha value is -1.93. The topological polar surface area (TPSA) is 90.6 Å². The van der Waals surface area contributed by atoms with E-state index >= 15 is 0 Å². The minimum atomic E-state index is -0.292. The molecule has 1 atom stereocenters. The molecule has 0 saturated carbocycles. The van der Waals surface area contributed by atoms with Crippen LogP contribution in [0.15, 0.2) is 12.5 Å². The van der Waals surface area contributed by atoms with Gasteiger partial charge in [0.2, 0.25) is 11.8 Å². The highest BCUT2D eigenvalue weighted by Gasteiger charge is 2.51. The number of aryl methyl sites for hydroxylation is 1. The molecule has 4 heterocycles. The number of carbonyl (C=O) groups excluding carboxylic acids is 2. The zero-order chi connectivity index (χ0) is 17.3. The van der Waals surface area contributed by atoms with Gasteiger partial charge in [0.15, 0.2) is 0 Å². The summed E-state index contributed by atoms with van der Waals surface area (Å²) in [4.78, 5) is 35.6. The van der Waals surface area contributed by atoms with E-state index in [-0.39, 0.29) is 23.5 Å². The molecule has 0 bridgehead atoms. The van der Waals surface area contributed by atoms with Crippen LogP contribution in [0.3, 0.4) is 0 Å². The Morgan fingerprint density at radius 3 is 3.04 bits per heavy atom. The van der Waals surface area contributed by atoms with Crippen molar-refractivity contribution in [3.05, 3.63) is 18.2 Å². The second-order valence-electron chi connectivity index (χ2n) is 7.28. The molecule has 1 aromatic heterocycles. The molecule has 3 fully saturated rings. The monoisotopic (exact) mass is 347 g/mol. The number of aromatic nitrogens is 2. The molecule has 1 unspecified atom stereocenters. The highest BCUT2D eigenvalue weighted by Crippen LogP contribution is 2.32. The molecule has 2 amide bonds. The van der Waals surface area contributed by atoms with E-state index in [0.29, 0.717) is 32.5 Å². The Morgan fingerprint density at radius 2 is 2.28 bits per heavy atom. The first kappa shape index (κ1) is 16.5. The molecule has 3 aliphatic rings. The fourth-order valence-electron chi connectivity index (χ4n) is 4.09. The molecule has 0 aromatic carbocycles. The van der Waals surface area contributed by atoms with Crippen molar-refractivity contribution in [3.63, 3.8) is 0 Å². The first-order valence-electron chi connectivity index (χ1n) is 9.06. The second-order valence-corrected chi connectivity index (χ2v) is 7.28. The van der Waals surface area contributed by atoms with E-state index in [1.807, 2.05) is 4.90 Å². The third-order valence-corrected chi connectivity index (χ3v) is 5.44. The molecule has 1 spiro atoms. The number of likely N-dealkylation sites (tertiary alicyclic amines) is 1. The lowest BCUT2D eigenvalue weighted by Gasteiger charge is -2.56. The molecule has 3 saturated heterocycles. The molecule has 0 radical (unpaired) electrons. The van der Waals surface area contributed by atoms with Crippen LogP contribution in [0.1, 0.15) is 25.0 Å². The van der Waals surface area contributed by atoms with Gasteiger partial charge in [0, 0.05) is 44.5 Å². The van der Waals surface area contributed by atoms with Gasteiger partial charge in [-0.25, -0.2) is 4.98 Å². The second kappa shape index (κ2) is 6.76. The Labute approximate surface area is 146 Å². The SMILES string of the molecule is O=C1NCCCC1N1CC2(CN(C(=O)CCc3cnc[nH]3)CCO2)C1. The Kier molecular flexibility index (Phi) is 4.47. The molecule has 0 aliphatic carbocycles. The van der Waals surface area contributed by atoms with Crippen molar-refractivity contribution in [2.45, 2.75) is 37.3 Å². The molecule has 25 heavy (non-hydrogen) atoms. The number of hydrogen-bond donors (Lipinski definition) is 2. The van der Waals surface area contributed by atoms with Gasteiger partial charge in [0.25, 0.3) is 0 Å². The number of morpholine rings is 1. The lowest BCUT2D eigenvalue weighted by Crippen LogP contribution is -2.73. The predicted octanol–water partition coefficient (Wildman–Crippen LogP) is -0.466. The van der Waals surface area contributed by atoms with Crippen LogP contribution in [0.25, 0.3) is 0 Å². The summed E-state index contributed by atoms with van der Waals surface area (Å²) >= 11 is 0. The van der Waals surface area contributed by atoms with E-state index in [4.69, 9.17) is 4.74 Å². The number of carbonyl (C=O) groups is 2. The van der Waals surface area contributed by atoms with Gasteiger partial charge < -0.3 is 19.9 Å². The van der Waals surface area contributed by atoms with Gasteiger partial charge in [0.1, 0.15) is 5.60 Å². The fraction of sp³-hybridized carbons (Fsp3) is 0.706. The first-order valence-corrected chi connectivity index (χ1v) is 9.06. The average Bonchev–Trinajstić information content (AvgIpc) is 3.12. The maximum Gasteiger partial charge on any atom is 0.237 e. The minimum absolute atomic E-state index is 0.0329. The quantitative estimate of drug-likeness (QED) is 0.769. The van der Waals surface area contributed by atoms with E-state index in [9.17, 15) is 9.59 Å². The van der Waals surface area contributed by atoms with E-state index < -0.39 is 0 Å². The number of H-pyrrole nitrogens is 1. The highest BCUT2D eigenvalue weighted by atomic mass is 16.5. The lowest BCUT2D eigenvalue weighted by molar-refractivity contribution is -0.198. The van der Waals surface area contributed by atoms with Crippen LogP contribution in [-0.4, -0.2) is 82.6 Å². The van der Waals surface area contributed by atoms with Crippen LogP contribution in [0.5, 0.6) is 0 Å². The zero-order valence-electron chi connectivity index (χ0n) is 14.4. The van der Waals surface area contributed by atoms with Gasteiger partial charge in [-0.2, -0.15) is 0 Å². The van der Waals surface area contributed by atoms with Crippen LogP contribution in [0.4, 0.5) is 0 Å². The van der Waals surface area contributed by atoms with E-state index in [0.717, 1.165) is 38.2 Å². The van der Waals surface area contributed by atoms with Gasteiger partial charge in [0.05, 0.1) is 25.5 Å². The molecule has 136 valence electrons. The lowest BCUT2D eigenvalue weighted by atomic mass is 9.88. The summed E-state index contributed by atoms with van der Waals surface area (Å²) in [5.74, 6) is 0.288. The number of amides is 2. The number of nitrogens with one attached hydrogen (secondary N) is 2. The number of hydrogen-bond acceptors (Lipinski definition) is 5. The molecular formula is C17H25N5O3. The number of piperidine rings is 1. The Balaban J connectivity index is 1.29. The number of rotatable bonds is 4. The van der Waals surface area contributed by atoms with E-state index in [1.54, 1.807) is 12.5 Å². The Bertz CT molecular complexity index is 626. The fourth-order valence-corrected chi connectivity index (χ4v) is 4.09. The van der Waals surface area contributed by atoms with Crippen molar-refractivity contribution in [1.29, 1.82) is 0 Å². The third-order valence-electron chi connectivity index (χ3n) is 5.44. The summed E-state index contributed by atoms with van der Waals surface area (Å²) in [5.41, 5.74) is 0.689. The zero-order valence-corrected chi connectivity index (χ0v) is 14.4. The van der Waals surface area contributed by atoms with Crippen LogP contribution in [0.2, 0.25) is 0 Å². The first-order chi connectivity index (χ1) is 12.2. The maximum absolute atomic E-state index is 12.5. The van der Waals surface area contributed by atoms with Crippen molar-refractivity contribution in [3.8, 4) is 0 Å². The summed E-state index contributed by atoms with van der Waals surface area (Å²) in [6.45, 7) is 4.09. The molecule has 8 nitrogen and oxygen atoms in total. The largest absolute Gasteiger partial charge is 0.369 e. The van der Waals surface area contributed by atoms with Crippen LogP contribution in [-0.2, 0) is 20.7 Å². The van der Waals surface area contributed by atoms with Crippen LogP contribution >= 0.6 is 0 Å². The Morgan fingerprint density at radius 1 is 1.40 bits per heavy atom. The van der Waals surface area contributed by atoms with Crippen molar-refractivity contribution in [2.24, 2.45) is 0 Å². The molecule has 8 heteroatoms. The van der Waals surface area contributed by atoms with Gasteiger partial charge in [-0.05, 0) is 19.3 Å². The molecule has 3 aliphatic heterocycles. The van der Waals surface area contributed by atoms with Crippen LogP contribution < -0.4 is 5.32 Å². The predicted molar refractivity (Wildman–Crippen MR) is 89.8 cm³/mol. The van der Waals surface area contributed by atoms with Crippen molar-refractivity contribution < 1.29 is 14.3 Å². The van der Waals surface area contributed by atoms with Gasteiger partial charge >= 0.3 is 0 Å². The summed E-state index contributed by atoms with van der Waals surface area (Å²) < 4.78 is 6.01. The standard InChI is InChI=1S/C17H25N5O3/c23-15(4-3-13-8-18-12-20-13)21-6-7-25-17(9-21)10-22(11-17)14-2-1-5-19-16(14)24/h8,12,14H,1-7,9-11H2,(H,18,20)(H,19,24). The molecule has 1 aromatic rings. The van der Waals surface area contributed by atoms with Crippen molar-refractivity contribution in [1.82, 2.24) is 25.1 Å². The highest BCUT2D eigenvalue weighted by molar-refractivity contribution is 5.82. The smallest absolute Gasteiger partial charge is 0.237 e. The third kappa shape index (κ3) is 3.41. The summed E-state index contributed by atoms with van der Waals surface area (Å²) in [7, 11) is 0. The summed E-state index contributed by atoms with van der Waals surface area (Å²) in [5, 5.41) is 2.94. The van der Waals surface area contributed by atoms with Gasteiger partial charge in [-0.1, -0.05) is 0 Å². The summed E-state index contributed by atoms with van der Waals surface area (Å²) in [6.07, 6.45) is 6.49. The van der Waals surface area contributed by atoms with Crippen molar-refractivity contribution in [2.75, 3.05) is 39.3 Å². The molecule has 4 rings (SSSR count). The minimum Gasteiger partial charge on any atom is -0.369 e. The number of nitrogens with zero attached hydrogens (tertiary/aromatic N) is 3. The maximum atomic E-state index is 12.5. The summed E-state index contributed by atoms with van der Waals surface area (Å²) in [6, 6.07) is -0.0329. The number of imidazole rings is 1. The normalized spacial score (nSPS) is 26.3. The molecular weight excluding hydrogens is 322 g/mol.